The summed E-state index contributed by atoms with van der Waals surface area (Å²) < 4.78 is 12.9. The fourth-order valence-corrected chi connectivity index (χ4v) is 3.38. The lowest BCUT2D eigenvalue weighted by atomic mass is 10.2. The molecule has 0 bridgehead atoms. The van der Waals surface area contributed by atoms with Crippen LogP contribution in [0.15, 0.2) is 34.2 Å². The van der Waals surface area contributed by atoms with Gasteiger partial charge in [0.1, 0.15) is 5.75 Å². The molecule has 3 rings (SSSR count). The SMILES string of the molecule is O=c1[nH]nc(SCCOc2ccccc2Cl)n1CC1CCCO1. The molecule has 2 heterocycles. The summed E-state index contributed by atoms with van der Waals surface area (Å²) in [6, 6.07) is 7.35. The highest BCUT2D eigenvalue weighted by atomic mass is 35.5. The minimum Gasteiger partial charge on any atom is -0.491 e. The molecule has 1 aliphatic rings. The fourth-order valence-electron chi connectivity index (χ4n) is 2.41. The monoisotopic (exact) mass is 355 g/mol. The van der Waals surface area contributed by atoms with E-state index in [1.54, 1.807) is 10.6 Å². The van der Waals surface area contributed by atoms with Crippen molar-refractivity contribution >= 4 is 23.4 Å². The van der Waals surface area contributed by atoms with Crippen LogP contribution >= 0.6 is 23.4 Å². The van der Waals surface area contributed by atoms with Gasteiger partial charge >= 0.3 is 5.69 Å². The van der Waals surface area contributed by atoms with Gasteiger partial charge in [-0.2, -0.15) is 0 Å². The number of benzene rings is 1. The molecule has 0 radical (unpaired) electrons. The summed E-state index contributed by atoms with van der Waals surface area (Å²) >= 11 is 7.51. The third kappa shape index (κ3) is 4.31. The van der Waals surface area contributed by atoms with Crippen LogP contribution in [0.4, 0.5) is 0 Å². The van der Waals surface area contributed by atoms with Crippen molar-refractivity contribution in [3.05, 3.63) is 39.8 Å². The number of ether oxygens (including phenoxy) is 2. The molecule has 0 amide bonds. The average molecular weight is 356 g/mol. The van der Waals surface area contributed by atoms with E-state index in [0.29, 0.717) is 34.8 Å². The van der Waals surface area contributed by atoms with Gasteiger partial charge in [-0.15, -0.1) is 5.10 Å². The first-order chi connectivity index (χ1) is 11.2. The number of aromatic nitrogens is 3. The van der Waals surface area contributed by atoms with E-state index in [0.717, 1.165) is 19.4 Å². The van der Waals surface area contributed by atoms with Gasteiger partial charge in [-0.05, 0) is 25.0 Å². The Balaban J connectivity index is 1.52. The van der Waals surface area contributed by atoms with Gasteiger partial charge in [-0.1, -0.05) is 35.5 Å². The number of thioether (sulfide) groups is 1. The maximum Gasteiger partial charge on any atom is 0.344 e. The van der Waals surface area contributed by atoms with E-state index >= 15 is 0 Å². The van der Waals surface area contributed by atoms with Crippen LogP contribution < -0.4 is 10.4 Å². The Morgan fingerprint density at radius 3 is 3.13 bits per heavy atom. The third-order valence-corrected chi connectivity index (χ3v) is 4.80. The zero-order valence-corrected chi connectivity index (χ0v) is 14.1. The Morgan fingerprint density at radius 2 is 2.35 bits per heavy atom. The van der Waals surface area contributed by atoms with E-state index in [9.17, 15) is 4.79 Å². The van der Waals surface area contributed by atoms with E-state index in [1.165, 1.54) is 11.8 Å². The standard InChI is InChI=1S/C15H18ClN3O3S/c16-12-5-1-2-6-13(12)22-8-9-23-15-18-17-14(20)19(15)10-11-4-3-7-21-11/h1-2,5-6,11H,3-4,7-10H2,(H,17,20). The van der Waals surface area contributed by atoms with E-state index in [1.807, 2.05) is 18.2 Å². The first-order valence-electron chi connectivity index (χ1n) is 7.51. The molecule has 124 valence electrons. The van der Waals surface area contributed by atoms with Gasteiger partial charge in [0.2, 0.25) is 0 Å². The van der Waals surface area contributed by atoms with Gasteiger partial charge in [-0.25, -0.2) is 9.89 Å². The van der Waals surface area contributed by atoms with Crippen molar-refractivity contribution in [2.45, 2.75) is 30.6 Å². The maximum atomic E-state index is 11.9. The number of hydrogen-bond donors (Lipinski definition) is 1. The molecule has 0 saturated carbocycles. The number of para-hydroxylation sites is 1. The zero-order chi connectivity index (χ0) is 16.1. The minimum atomic E-state index is -0.199. The quantitative estimate of drug-likeness (QED) is 0.610. The summed E-state index contributed by atoms with van der Waals surface area (Å²) in [5.74, 6) is 1.33. The lowest BCUT2D eigenvalue weighted by molar-refractivity contribution is 0.0941. The lowest BCUT2D eigenvalue weighted by Gasteiger charge is -2.11. The summed E-state index contributed by atoms with van der Waals surface area (Å²) in [5.41, 5.74) is -0.199. The van der Waals surface area contributed by atoms with Crippen molar-refractivity contribution in [1.82, 2.24) is 14.8 Å². The van der Waals surface area contributed by atoms with Crippen molar-refractivity contribution in [3.8, 4) is 5.75 Å². The molecule has 1 aromatic carbocycles. The summed E-state index contributed by atoms with van der Waals surface area (Å²) in [4.78, 5) is 11.9. The molecule has 8 heteroatoms. The Kier molecular flexibility index (Phi) is 5.64. The van der Waals surface area contributed by atoms with Crippen LogP contribution in [-0.4, -0.2) is 39.8 Å². The van der Waals surface area contributed by atoms with E-state index in [4.69, 9.17) is 21.1 Å². The average Bonchev–Trinajstić information content (AvgIpc) is 3.18. The van der Waals surface area contributed by atoms with Crippen molar-refractivity contribution in [2.24, 2.45) is 0 Å². The third-order valence-electron chi connectivity index (χ3n) is 3.54. The predicted molar refractivity (Wildman–Crippen MR) is 89.5 cm³/mol. The molecule has 1 fully saturated rings. The van der Waals surface area contributed by atoms with Crippen molar-refractivity contribution in [1.29, 1.82) is 0 Å². The van der Waals surface area contributed by atoms with Crippen molar-refractivity contribution in [3.63, 3.8) is 0 Å². The van der Waals surface area contributed by atoms with Crippen LogP contribution in [0.2, 0.25) is 5.02 Å². The molecule has 1 aliphatic heterocycles. The molecule has 1 N–H and O–H groups in total. The maximum absolute atomic E-state index is 11.9. The predicted octanol–water partition coefficient (Wildman–Crippen LogP) is 2.57. The topological polar surface area (TPSA) is 69.1 Å². The minimum absolute atomic E-state index is 0.101. The Bertz CT molecular complexity index is 697. The van der Waals surface area contributed by atoms with Gasteiger partial charge in [0.15, 0.2) is 5.16 Å². The second-order valence-electron chi connectivity index (χ2n) is 5.18. The van der Waals surface area contributed by atoms with Crippen LogP contribution in [-0.2, 0) is 11.3 Å². The summed E-state index contributed by atoms with van der Waals surface area (Å²) in [7, 11) is 0. The molecule has 2 aromatic rings. The van der Waals surface area contributed by atoms with Gasteiger partial charge in [-0.3, -0.25) is 4.57 Å². The number of halogens is 1. The number of rotatable bonds is 7. The highest BCUT2D eigenvalue weighted by molar-refractivity contribution is 7.99. The zero-order valence-electron chi connectivity index (χ0n) is 12.5. The number of aromatic amines is 1. The second kappa shape index (κ2) is 7.90. The molecule has 0 aliphatic carbocycles. The molecule has 1 atom stereocenters. The van der Waals surface area contributed by atoms with Crippen molar-refractivity contribution in [2.75, 3.05) is 19.0 Å². The van der Waals surface area contributed by atoms with Gasteiger partial charge in [0.05, 0.1) is 24.3 Å². The first kappa shape index (κ1) is 16.4. The summed E-state index contributed by atoms with van der Waals surface area (Å²) in [5, 5.41) is 7.82. The second-order valence-corrected chi connectivity index (χ2v) is 6.65. The normalized spacial score (nSPS) is 17.5. The van der Waals surface area contributed by atoms with E-state index < -0.39 is 0 Å². The van der Waals surface area contributed by atoms with Gasteiger partial charge in [0.25, 0.3) is 0 Å². The van der Waals surface area contributed by atoms with Gasteiger partial charge in [0, 0.05) is 12.4 Å². The molecule has 0 spiro atoms. The van der Waals surface area contributed by atoms with Crippen molar-refractivity contribution < 1.29 is 9.47 Å². The van der Waals surface area contributed by atoms with Crippen LogP contribution in [0, 0.1) is 0 Å². The van der Waals surface area contributed by atoms with E-state index in [-0.39, 0.29) is 11.8 Å². The van der Waals surface area contributed by atoms with Crippen LogP contribution in [0.3, 0.4) is 0 Å². The highest BCUT2D eigenvalue weighted by Gasteiger charge is 2.19. The highest BCUT2D eigenvalue weighted by Crippen LogP contribution is 2.24. The molecular weight excluding hydrogens is 338 g/mol. The van der Waals surface area contributed by atoms with Gasteiger partial charge < -0.3 is 9.47 Å². The molecule has 1 saturated heterocycles. The van der Waals surface area contributed by atoms with Crippen LogP contribution in [0.25, 0.3) is 0 Å². The number of hydrogen-bond acceptors (Lipinski definition) is 5. The lowest BCUT2D eigenvalue weighted by Crippen LogP contribution is -2.25. The Morgan fingerprint density at radius 1 is 1.48 bits per heavy atom. The summed E-state index contributed by atoms with van der Waals surface area (Å²) in [6.07, 6.45) is 2.13. The number of nitrogens with zero attached hydrogens (tertiary/aromatic N) is 2. The molecule has 1 aromatic heterocycles. The molecule has 23 heavy (non-hydrogen) atoms. The van der Waals surface area contributed by atoms with E-state index in [2.05, 4.69) is 10.2 Å². The fraction of sp³-hybridized carbons (Fsp3) is 0.467. The first-order valence-corrected chi connectivity index (χ1v) is 8.87. The molecular formula is C15H18ClN3O3S. The smallest absolute Gasteiger partial charge is 0.344 e. The molecule has 1 unspecified atom stereocenters. The summed E-state index contributed by atoms with van der Waals surface area (Å²) in [6.45, 7) is 1.80. The Hall–Kier alpha value is -1.44. The van der Waals surface area contributed by atoms with Crippen LogP contribution in [0.5, 0.6) is 5.75 Å². The number of H-pyrrole nitrogens is 1. The number of nitrogens with one attached hydrogen (secondary N) is 1. The molecule has 6 nitrogen and oxygen atoms in total. The Labute approximate surface area is 143 Å². The van der Waals surface area contributed by atoms with Crippen LogP contribution in [0.1, 0.15) is 12.8 Å². The largest absolute Gasteiger partial charge is 0.491 e.